The SMILES string of the molecule is CN(Cc1ccccc1)CC1CCC(NC(=O)OC(C)(C)C)[C@@H](OC2C(O)[C@@H](O[C@H]3OC(CO)[C@@H](O)[C@H](NC(=O)OC(C)(C)C)C3O)[C@H](NC(=O)[C@@H](O)CCNC(=O)OC(C)(C)C)C[C@H]2NC(=O)OC(C)(C)C)O1. The predicted octanol–water partition coefficient (Wildman–Crippen LogP) is 2.04. The van der Waals surface area contributed by atoms with Gasteiger partial charge in [-0.15, -0.1) is 0 Å². The van der Waals surface area contributed by atoms with Crippen molar-refractivity contribution in [2.75, 3.05) is 26.7 Å². The summed E-state index contributed by atoms with van der Waals surface area (Å²) in [6.45, 7) is 19.7. The standard InChI is InChI=1S/C50H84N6O18/c1-47(2,3)71-43(63)51-22-21-32(58)40(62)52-30-23-31(54-45(65)73-49(7,8)9)39(37(61)38(30)70-42-36(60)34(35(59)33(26-57)68-42)55-46(66)74-50(10,11)12)69-41-29(53-44(64)72-48(4,5)6)20-19-28(67-41)25-56(13)24-27-17-15-14-16-18-27/h14-18,28-39,41-42,57-61H,19-26H2,1-13H3,(H,51,63)(H,52,62)(H,53,64)(H,54,65)(H,55,66)/t28?,29?,30-,31-,32+,33?,34+,35-,36?,37?,38+,39?,41-,42-/m1/s1. The average molecular weight is 1060 g/mol. The van der Waals surface area contributed by atoms with Crippen molar-refractivity contribution < 1.29 is 87.4 Å². The summed E-state index contributed by atoms with van der Waals surface area (Å²) in [4.78, 5) is 68.2. The smallest absolute Gasteiger partial charge is 0.408 e. The Morgan fingerprint density at radius 1 is 0.649 bits per heavy atom. The van der Waals surface area contributed by atoms with Crippen molar-refractivity contribution in [2.24, 2.45) is 0 Å². The molecule has 4 rings (SSSR count). The van der Waals surface area contributed by atoms with Crippen LogP contribution in [0.1, 0.15) is 114 Å². The van der Waals surface area contributed by atoms with Crippen LogP contribution in [0, 0.1) is 0 Å². The minimum absolute atomic E-state index is 0.197. The molecule has 1 saturated carbocycles. The van der Waals surface area contributed by atoms with Gasteiger partial charge >= 0.3 is 24.4 Å². The van der Waals surface area contributed by atoms with E-state index in [-0.39, 0.29) is 19.4 Å². The van der Waals surface area contributed by atoms with Crippen LogP contribution in [0.3, 0.4) is 0 Å². The van der Waals surface area contributed by atoms with Crippen LogP contribution in [-0.2, 0) is 49.2 Å². The highest BCUT2D eigenvalue weighted by Gasteiger charge is 2.54. The van der Waals surface area contributed by atoms with Crippen LogP contribution in [0.5, 0.6) is 0 Å². The van der Waals surface area contributed by atoms with Crippen LogP contribution in [0.25, 0.3) is 0 Å². The Labute approximate surface area is 434 Å². The lowest BCUT2D eigenvalue weighted by atomic mass is 9.83. The van der Waals surface area contributed by atoms with E-state index in [2.05, 4.69) is 31.5 Å². The Kier molecular flexibility index (Phi) is 22.1. The van der Waals surface area contributed by atoms with Crippen molar-refractivity contribution in [3.8, 4) is 0 Å². The molecule has 24 heteroatoms. The lowest BCUT2D eigenvalue weighted by Crippen LogP contribution is -2.70. The topological polar surface area (TPSA) is 324 Å². The molecule has 3 fully saturated rings. The number of nitrogens with one attached hydrogen (secondary N) is 5. The molecule has 3 aliphatic rings. The number of amides is 5. The van der Waals surface area contributed by atoms with Crippen molar-refractivity contribution in [1.82, 2.24) is 31.5 Å². The van der Waals surface area contributed by atoms with Gasteiger partial charge in [0.05, 0.1) is 36.9 Å². The van der Waals surface area contributed by atoms with Gasteiger partial charge in [-0.1, -0.05) is 30.3 Å². The largest absolute Gasteiger partial charge is 0.444 e. The molecule has 0 aromatic heterocycles. The van der Waals surface area contributed by atoms with E-state index in [1.165, 1.54) is 0 Å². The molecule has 1 aromatic rings. The maximum absolute atomic E-state index is 13.9. The Bertz CT molecular complexity index is 1970. The molecule has 0 spiro atoms. The zero-order valence-corrected chi connectivity index (χ0v) is 45.1. The molecule has 14 atom stereocenters. The minimum atomic E-state index is -1.93. The number of rotatable bonds is 17. The van der Waals surface area contributed by atoms with E-state index in [9.17, 15) is 49.5 Å². The molecule has 0 bridgehead atoms. The minimum Gasteiger partial charge on any atom is -0.444 e. The van der Waals surface area contributed by atoms with Gasteiger partial charge in [0.2, 0.25) is 5.91 Å². The molecule has 2 aliphatic heterocycles. The molecule has 74 heavy (non-hydrogen) atoms. The van der Waals surface area contributed by atoms with Gasteiger partial charge in [-0.05, 0) is 121 Å². The quantitative estimate of drug-likeness (QED) is 0.0998. The number of ether oxygens (including phenoxy) is 8. The van der Waals surface area contributed by atoms with E-state index < -0.39 is 145 Å². The number of benzene rings is 1. The van der Waals surface area contributed by atoms with E-state index in [1.807, 2.05) is 37.4 Å². The summed E-state index contributed by atoms with van der Waals surface area (Å²) in [5.74, 6) is -1.00. The first-order valence-corrected chi connectivity index (χ1v) is 25.1. The molecular weight excluding hydrogens is 973 g/mol. The summed E-state index contributed by atoms with van der Waals surface area (Å²) in [6.07, 6.45) is -19.2. The van der Waals surface area contributed by atoms with Crippen molar-refractivity contribution in [2.45, 2.75) is 223 Å². The number of hydrogen-bond donors (Lipinski definition) is 10. The van der Waals surface area contributed by atoms with Gasteiger partial charge < -0.3 is 90.0 Å². The van der Waals surface area contributed by atoms with Gasteiger partial charge in [0, 0.05) is 19.6 Å². The molecule has 2 saturated heterocycles. The number of hydrogen-bond acceptors (Lipinski definition) is 19. The Morgan fingerprint density at radius 2 is 1.15 bits per heavy atom. The maximum Gasteiger partial charge on any atom is 0.408 e. The lowest BCUT2D eigenvalue weighted by Gasteiger charge is -2.49. The average Bonchev–Trinajstić information content (AvgIpc) is 3.24. The van der Waals surface area contributed by atoms with E-state index in [4.69, 9.17) is 37.9 Å². The third-order valence-electron chi connectivity index (χ3n) is 11.5. The molecule has 5 amide bonds. The van der Waals surface area contributed by atoms with Gasteiger partial charge in [0.1, 0.15) is 65.1 Å². The highest BCUT2D eigenvalue weighted by Crippen LogP contribution is 2.34. The van der Waals surface area contributed by atoms with Gasteiger partial charge in [0.25, 0.3) is 0 Å². The monoisotopic (exact) mass is 1060 g/mol. The molecule has 0 radical (unpaired) electrons. The zero-order valence-electron chi connectivity index (χ0n) is 45.1. The fourth-order valence-corrected chi connectivity index (χ4v) is 8.48. The normalized spacial score (nSPS) is 29.3. The van der Waals surface area contributed by atoms with Crippen LogP contribution in [0.4, 0.5) is 19.2 Å². The van der Waals surface area contributed by atoms with Gasteiger partial charge in [-0.2, -0.15) is 0 Å². The Morgan fingerprint density at radius 3 is 1.69 bits per heavy atom. The fraction of sp³-hybridized carbons (Fsp3) is 0.780. The first kappa shape index (κ1) is 61.9. The number of nitrogens with zero attached hydrogens (tertiary/aromatic N) is 1. The van der Waals surface area contributed by atoms with Crippen LogP contribution in [0.15, 0.2) is 30.3 Å². The molecule has 422 valence electrons. The Hall–Kier alpha value is -4.63. The van der Waals surface area contributed by atoms with E-state index in [0.717, 1.165) is 5.56 Å². The molecule has 1 aromatic carbocycles. The number of likely N-dealkylation sites (N-methyl/N-ethyl adjacent to an activating group) is 1. The zero-order chi connectivity index (χ0) is 55.5. The number of carbonyl (C=O) groups excluding carboxylic acids is 5. The first-order valence-electron chi connectivity index (χ1n) is 25.1. The third kappa shape index (κ3) is 20.5. The molecule has 24 nitrogen and oxygen atoms in total. The van der Waals surface area contributed by atoms with Crippen molar-refractivity contribution in [3.05, 3.63) is 35.9 Å². The Balaban J connectivity index is 1.75. The van der Waals surface area contributed by atoms with Gasteiger partial charge in [-0.25, -0.2) is 19.2 Å². The summed E-state index contributed by atoms with van der Waals surface area (Å²) in [5.41, 5.74) is -2.65. The van der Waals surface area contributed by atoms with Crippen molar-refractivity contribution in [3.63, 3.8) is 0 Å². The van der Waals surface area contributed by atoms with Crippen molar-refractivity contribution >= 4 is 30.3 Å². The summed E-state index contributed by atoms with van der Waals surface area (Å²) in [5, 5.41) is 70.1. The third-order valence-corrected chi connectivity index (χ3v) is 11.5. The van der Waals surface area contributed by atoms with Crippen LogP contribution in [0.2, 0.25) is 0 Å². The number of carbonyl (C=O) groups is 5. The van der Waals surface area contributed by atoms with Gasteiger partial charge in [0.15, 0.2) is 12.6 Å². The second-order valence-corrected chi connectivity index (χ2v) is 23.0. The lowest BCUT2D eigenvalue weighted by molar-refractivity contribution is -0.316. The maximum atomic E-state index is 13.9. The van der Waals surface area contributed by atoms with Crippen LogP contribution in [-0.4, -0.2) is 195 Å². The second-order valence-electron chi connectivity index (χ2n) is 23.0. The number of aliphatic hydroxyl groups excluding tert-OH is 5. The highest BCUT2D eigenvalue weighted by atomic mass is 16.7. The van der Waals surface area contributed by atoms with E-state index >= 15 is 0 Å². The second kappa shape index (κ2) is 26.4. The van der Waals surface area contributed by atoms with E-state index in [0.29, 0.717) is 25.9 Å². The first-order chi connectivity index (χ1) is 34.2. The molecule has 10 N–H and O–H groups in total. The molecule has 6 unspecified atom stereocenters. The fourth-order valence-electron chi connectivity index (χ4n) is 8.48. The molecule has 1 aliphatic carbocycles. The molecular formula is C50H84N6O18. The summed E-state index contributed by atoms with van der Waals surface area (Å²) >= 11 is 0. The number of aliphatic hydroxyl groups is 5. The summed E-state index contributed by atoms with van der Waals surface area (Å²) in [7, 11) is 1.92. The van der Waals surface area contributed by atoms with Crippen molar-refractivity contribution in [1.29, 1.82) is 0 Å². The van der Waals surface area contributed by atoms with Crippen LogP contribution < -0.4 is 26.6 Å². The highest BCUT2D eigenvalue weighted by molar-refractivity contribution is 5.81. The number of alkyl carbamates (subject to hydrolysis) is 4. The van der Waals surface area contributed by atoms with Gasteiger partial charge in [-0.3, -0.25) is 9.69 Å². The van der Waals surface area contributed by atoms with E-state index in [1.54, 1.807) is 83.1 Å². The van der Waals surface area contributed by atoms with Crippen LogP contribution >= 0.6 is 0 Å². The molecule has 2 heterocycles. The summed E-state index contributed by atoms with van der Waals surface area (Å²) < 4.78 is 47.3. The summed E-state index contributed by atoms with van der Waals surface area (Å²) in [6, 6.07) is 4.63. The predicted molar refractivity (Wildman–Crippen MR) is 265 cm³/mol.